The number of fused-ring (bicyclic) bond motifs is 1. The molecule has 4 rings (SSSR count). The molecular formula is C27H19N3O2S. The van der Waals surface area contributed by atoms with Crippen molar-refractivity contribution in [2.24, 2.45) is 4.40 Å². The van der Waals surface area contributed by atoms with Crippen LogP contribution >= 0.6 is 0 Å². The number of hydrogen-bond donors (Lipinski definition) is 0. The highest BCUT2D eigenvalue weighted by molar-refractivity contribution is 7.90. The first kappa shape index (κ1) is 21.9. The maximum absolute atomic E-state index is 13.3. The van der Waals surface area contributed by atoms with E-state index in [1.165, 1.54) is 6.07 Å². The maximum atomic E-state index is 13.3. The minimum Gasteiger partial charge on any atom is -0.255 e. The van der Waals surface area contributed by atoms with E-state index >= 15 is 0 Å². The molecule has 3 aromatic carbocycles. The molecular weight excluding hydrogens is 430 g/mol. The molecule has 0 aliphatic heterocycles. The Kier molecular flexibility index (Phi) is 6.53. The quantitative estimate of drug-likeness (QED) is 0.285. The van der Waals surface area contributed by atoms with E-state index in [9.17, 15) is 8.42 Å². The van der Waals surface area contributed by atoms with Crippen molar-refractivity contribution < 1.29 is 8.42 Å². The molecule has 0 N–H and O–H groups in total. The van der Waals surface area contributed by atoms with Gasteiger partial charge >= 0.3 is 0 Å². The molecule has 0 amide bonds. The Hall–Kier alpha value is -4.34. The van der Waals surface area contributed by atoms with E-state index in [2.05, 4.69) is 15.5 Å². The van der Waals surface area contributed by atoms with Crippen molar-refractivity contribution in [2.75, 3.05) is 0 Å². The highest BCUT2D eigenvalue weighted by atomic mass is 32.2. The molecule has 0 saturated carbocycles. The third-order valence-corrected chi connectivity index (χ3v) is 6.18. The summed E-state index contributed by atoms with van der Waals surface area (Å²) in [5, 5.41) is 9.80. The SMILES string of the molecule is N#Cc1ccc(C(/C=C/C=C/c2ccccc2)=N\S(=O)(=O)c2cccc3cccnc23)cc1. The molecule has 4 aromatic rings. The van der Waals surface area contributed by atoms with Crippen LogP contribution in [-0.4, -0.2) is 19.1 Å². The molecule has 0 bridgehead atoms. The van der Waals surface area contributed by atoms with Crippen molar-refractivity contribution in [3.8, 4) is 6.07 Å². The molecule has 6 heteroatoms. The zero-order valence-corrected chi connectivity index (χ0v) is 18.4. The lowest BCUT2D eigenvalue weighted by atomic mass is 10.1. The molecule has 0 saturated heterocycles. The van der Waals surface area contributed by atoms with E-state index in [0.29, 0.717) is 16.6 Å². The number of hydrogen-bond acceptors (Lipinski definition) is 4. The van der Waals surface area contributed by atoms with Gasteiger partial charge in [-0.25, -0.2) is 0 Å². The van der Waals surface area contributed by atoms with Crippen LogP contribution in [-0.2, 0) is 10.0 Å². The Morgan fingerprint density at radius 1 is 0.879 bits per heavy atom. The van der Waals surface area contributed by atoms with E-state index in [1.807, 2.05) is 42.5 Å². The van der Waals surface area contributed by atoms with Gasteiger partial charge in [0.1, 0.15) is 4.90 Å². The summed E-state index contributed by atoms with van der Waals surface area (Å²) in [4.78, 5) is 4.29. The van der Waals surface area contributed by atoms with Crippen LogP contribution in [0.25, 0.3) is 17.0 Å². The monoisotopic (exact) mass is 449 g/mol. The van der Waals surface area contributed by atoms with Crippen molar-refractivity contribution in [3.05, 3.63) is 126 Å². The molecule has 0 fully saturated rings. The summed E-state index contributed by atoms with van der Waals surface area (Å²) in [5.74, 6) is 0. The Morgan fingerprint density at radius 3 is 2.39 bits per heavy atom. The average Bonchev–Trinajstić information content (AvgIpc) is 2.86. The number of nitrogens with zero attached hydrogens (tertiary/aromatic N) is 3. The first-order valence-electron chi connectivity index (χ1n) is 10.2. The van der Waals surface area contributed by atoms with Gasteiger partial charge in [-0.3, -0.25) is 4.98 Å². The van der Waals surface area contributed by atoms with Crippen molar-refractivity contribution >= 4 is 32.7 Å². The second-order valence-corrected chi connectivity index (χ2v) is 8.67. The van der Waals surface area contributed by atoms with Gasteiger partial charge in [0.2, 0.25) is 0 Å². The average molecular weight is 450 g/mol. The van der Waals surface area contributed by atoms with Gasteiger partial charge in [0.25, 0.3) is 10.0 Å². The molecule has 5 nitrogen and oxygen atoms in total. The van der Waals surface area contributed by atoms with Crippen molar-refractivity contribution in [2.45, 2.75) is 4.90 Å². The highest BCUT2D eigenvalue weighted by Crippen LogP contribution is 2.23. The van der Waals surface area contributed by atoms with Gasteiger partial charge in [-0.1, -0.05) is 78.9 Å². The van der Waals surface area contributed by atoms with Gasteiger partial charge in [-0.15, -0.1) is 0 Å². The molecule has 1 heterocycles. The standard InChI is InChI=1S/C27H19N3O2S/c28-20-22-15-17-23(18-16-22)25(13-5-4-10-21-8-2-1-3-9-21)30-33(31,32)26-14-6-11-24-12-7-19-29-27(24)26/h1-19H/b10-4+,13-5+,30-25-. The second kappa shape index (κ2) is 9.86. The van der Waals surface area contributed by atoms with E-state index in [1.54, 1.807) is 66.9 Å². The van der Waals surface area contributed by atoms with Crippen LogP contribution in [0.4, 0.5) is 0 Å². The summed E-state index contributed by atoms with van der Waals surface area (Å²) in [6.07, 6.45) is 8.66. The summed E-state index contributed by atoms with van der Waals surface area (Å²) in [6.45, 7) is 0. The van der Waals surface area contributed by atoms with Crippen LogP contribution < -0.4 is 0 Å². The Labute approximate surface area is 192 Å². The number of rotatable bonds is 6. The fraction of sp³-hybridized carbons (Fsp3) is 0. The van der Waals surface area contributed by atoms with Gasteiger partial charge in [0, 0.05) is 17.1 Å². The zero-order valence-electron chi connectivity index (χ0n) is 17.5. The number of aromatic nitrogens is 1. The summed E-state index contributed by atoms with van der Waals surface area (Å²) in [6, 6.07) is 27.0. The highest BCUT2D eigenvalue weighted by Gasteiger charge is 2.18. The van der Waals surface area contributed by atoms with Crippen molar-refractivity contribution in [1.82, 2.24) is 4.98 Å². The third kappa shape index (κ3) is 5.29. The third-order valence-electron chi connectivity index (χ3n) is 4.86. The Morgan fingerprint density at radius 2 is 1.64 bits per heavy atom. The number of benzene rings is 3. The molecule has 33 heavy (non-hydrogen) atoms. The van der Waals surface area contributed by atoms with Crippen LogP contribution in [0.3, 0.4) is 0 Å². The van der Waals surface area contributed by atoms with Crippen molar-refractivity contribution in [1.29, 1.82) is 5.26 Å². The summed E-state index contributed by atoms with van der Waals surface area (Å²) >= 11 is 0. The molecule has 0 unspecified atom stereocenters. The van der Waals surface area contributed by atoms with E-state index in [-0.39, 0.29) is 10.6 Å². The van der Waals surface area contributed by atoms with Gasteiger partial charge in [-0.05, 0) is 35.9 Å². The van der Waals surface area contributed by atoms with Crippen LogP contribution in [0.15, 0.2) is 119 Å². The van der Waals surface area contributed by atoms with E-state index in [0.717, 1.165) is 10.9 Å². The van der Waals surface area contributed by atoms with E-state index < -0.39 is 10.0 Å². The number of allylic oxidation sites excluding steroid dienone is 3. The smallest absolute Gasteiger partial charge is 0.255 e. The largest absolute Gasteiger partial charge is 0.285 e. The summed E-state index contributed by atoms with van der Waals surface area (Å²) < 4.78 is 30.7. The normalized spacial score (nSPS) is 12.4. The van der Waals surface area contributed by atoms with Crippen LogP contribution in [0.1, 0.15) is 16.7 Å². The lowest BCUT2D eigenvalue weighted by molar-refractivity contribution is 0.599. The zero-order chi connectivity index (χ0) is 23.1. The fourth-order valence-electron chi connectivity index (χ4n) is 3.24. The first-order valence-corrected chi connectivity index (χ1v) is 11.6. The predicted octanol–water partition coefficient (Wildman–Crippen LogP) is 5.55. The minimum absolute atomic E-state index is 0.0416. The Bertz CT molecular complexity index is 1510. The molecule has 1 aromatic heterocycles. The van der Waals surface area contributed by atoms with Gasteiger partial charge in [-0.2, -0.15) is 18.1 Å². The number of nitriles is 1. The number of para-hydroxylation sites is 1. The lowest BCUT2D eigenvalue weighted by Gasteiger charge is -2.06. The molecule has 0 radical (unpaired) electrons. The van der Waals surface area contributed by atoms with Gasteiger partial charge < -0.3 is 0 Å². The molecule has 0 spiro atoms. The molecule has 0 atom stereocenters. The number of sulfonamides is 1. The second-order valence-electron chi connectivity index (χ2n) is 7.10. The summed E-state index contributed by atoms with van der Waals surface area (Å²) in [5.41, 5.74) is 2.71. The summed E-state index contributed by atoms with van der Waals surface area (Å²) in [7, 11) is -4.05. The lowest BCUT2D eigenvalue weighted by Crippen LogP contribution is -2.05. The number of pyridine rings is 1. The van der Waals surface area contributed by atoms with Crippen LogP contribution in [0.5, 0.6) is 0 Å². The first-order chi connectivity index (χ1) is 16.1. The fourth-order valence-corrected chi connectivity index (χ4v) is 4.42. The van der Waals surface area contributed by atoms with Gasteiger partial charge in [0.15, 0.2) is 0 Å². The minimum atomic E-state index is -4.05. The predicted molar refractivity (Wildman–Crippen MR) is 131 cm³/mol. The van der Waals surface area contributed by atoms with Crippen LogP contribution in [0, 0.1) is 11.3 Å². The Balaban J connectivity index is 1.76. The van der Waals surface area contributed by atoms with Crippen molar-refractivity contribution in [3.63, 3.8) is 0 Å². The maximum Gasteiger partial charge on any atom is 0.285 e. The molecule has 160 valence electrons. The van der Waals surface area contributed by atoms with Crippen LogP contribution in [0.2, 0.25) is 0 Å². The van der Waals surface area contributed by atoms with Gasteiger partial charge in [0.05, 0.1) is 22.9 Å². The molecule has 0 aliphatic rings. The molecule has 0 aliphatic carbocycles. The topological polar surface area (TPSA) is 83.2 Å². The van der Waals surface area contributed by atoms with E-state index in [4.69, 9.17) is 5.26 Å².